The first-order valence-electron chi connectivity index (χ1n) is 11.2. The Hall–Kier alpha value is -3.33. The third-order valence-electron chi connectivity index (χ3n) is 5.67. The molecule has 0 saturated carbocycles. The largest absolute Gasteiger partial charge is 0.494 e. The lowest BCUT2D eigenvalue weighted by molar-refractivity contribution is -0.137. The number of aromatic amines is 1. The van der Waals surface area contributed by atoms with Gasteiger partial charge in [0.1, 0.15) is 17.3 Å². The summed E-state index contributed by atoms with van der Waals surface area (Å²) in [5.41, 5.74) is 1.64. The Bertz CT molecular complexity index is 1210. The van der Waals surface area contributed by atoms with Crippen LogP contribution in [-0.2, 0) is 25.7 Å². The first-order chi connectivity index (χ1) is 16.3. The molecule has 6 nitrogen and oxygen atoms in total. The summed E-state index contributed by atoms with van der Waals surface area (Å²) in [6.45, 7) is 6.64. The Balaban J connectivity index is 1.58. The zero-order chi connectivity index (χ0) is 24.3. The van der Waals surface area contributed by atoms with Gasteiger partial charge in [-0.2, -0.15) is 13.2 Å². The summed E-state index contributed by atoms with van der Waals surface area (Å²) in [6, 6.07) is 10.4. The number of benzene rings is 2. The molecule has 0 radical (unpaired) electrons. The normalized spacial score (nSPS) is 14.0. The number of H-pyrrole nitrogens is 1. The summed E-state index contributed by atoms with van der Waals surface area (Å²) in [5.74, 6) is 1.80. The Morgan fingerprint density at radius 2 is 1.79 bits per heavy atom. The smallest absolute Gasteiger partial charge is 0.416 e. The van der Waals surface area contributed by atoms with E-state index in [4.69, 9.17) is 9.47 Å². The number of nitrogens with zero attached hydrogens (tertiary/aromatic N) is 2. The molecular weight excluding hydrogens is 447 g/mol. The molecule has 0 unspecified atom stereocenters. The van der Waals surface area contributed by atoms with Crippen molar-refractivity contribution in [3.63, 3.8) is 0 Å². The molecule has 34 heavy (non-hydrogen) atoms. The number of halogens is 3. The van der Waals surface area contributed by atoms with Crippen molar-refractivity contribution in [3.8, 4) is 22.9 Å². The quantitative estimate of drug-likeness (QED) is 0.533. The SMILES string of the molecule is CCOc1ccc(OCC)c(CN2CCc3c(nc(-c4ccc(C(F)(F)F)cc4)[nH]c3=O)C2)c1. The van der Waals surface area contributed by atoms with Gasteiger partial charge >= 0.3 is 6.18 Å². The predicted molar refractivity (Wildman–Crippen MR) is 122 cm³/mol. The number of hydrogen-bond donors (Lipinski definition) is 1. The van der Waals surface area contributed by atoms with Crippen molar-refractivity contribution in [1.82, 2.24) is 14.9 Å². The van der Waals surface area contributed by atoms with Crippen LogP contribution in [0.25, 0.3) is 11.4 Å². The molecule has 0 bridgehead atoms. The molecule has 1 aliphatic heterocycles. The molecule has 2 heterocycles. The van der Waals surface area contributed by atoms with Crippen LogP contribution in [0.3, 0.4) is 0 Å². The summed E-state index contributed by atoms with van der Waals surface area (Å²) in [7, 11) is 0. The molecule has 1 N–H and O–H groups in total. The van der Waals surface area contributed by atoms with Crippen LogP contribution in [0.2, 0.25) is 0 Å². The van der Waals surface area contributed by atoms with Gasteiger partial charge in [0.25, 0.3) is 5.56 Å². The first-order valence-corrected chi connectivity index (χ1v) is 11.2. The molecule has 0 atom stereocenters. The monoisotopic (exact) mass is 473 g/mol. The van der Waals surface area contributed by atoms with Crippen molar-refractivity contribution in [2.75, 3.05) is 19.8 Å². The second-order valence-electron chi connectivity index (χ2n) is 8.01. The van der Waals surface area contributed by atoms with Crippen LogP contribution < -0.4 is 15.0 Å². The van der Waals surface area contributed by atoms with E-state index in [9.17, 15) is 18.0 Å². The number of hydrogen-bond acceptors (Lipinski definition) is 5. The van der Waals surface area contributed by atoms with Crippen LogP contribution in [0.5, 0.6) is 11.5 Å². The number of rotatable bonds is 7. The highest BCUT2D eigenvalue weighted by Gasteiger charge is 2.30. The summed E-state index contributed by atoms with van der Waals surface area (Å²) < 4.78 is 50.1. The lowest BCUT2D eigenvalue weighted by Gasteiger charge is -2.28. The minimum Gasteiger partial charge on any atom is -0.494 e. The standard InChI is InChI=1S/C25H26F3N3O3/c1-3-33-19-9-10-22(34-4-2)17(13-19)14-31-12-11-20-21(15-31)29-23(30-24(20)32)16-5-7-18(8-6-16)25(26,27)28/h5-10,13H,3-4,11-12,14-15H2,1-2H3,(H,29,30,32). The van der Waals surface area contributed by atoms with Crippen LogP contribution in [0.4, 0.5) is 13.2 Å². The Morgan fingerprint density at radius 1 is 1.06 bits per heavy atom. The van der Waals surface area contributed by atoms with Crippen molar-refractivity contribution in [2.45, 2.75) is 39.5 Å². The van der Waals surface area contributed by atoms with E-state index >= 15 is 0 Å². The molecule has 2 aromatic carbocycles. The fourth-order valence-corrected chi connectivity index (χ4v) is 4.06. The minimum absolute atomic E-state index is 0.257. The molecule has 4 rings (SSSR count). The molecule has 0 amide bonds. The highest BCUT2D eigenvalue weighted by Crippen LogP contribution is 2.31. The van der Waals surface area contributed by atoms with Gasteiger partial charge in [0.05, 0.1) is 24.5 Å². The van der Waals surface area contributed by atoms with Gasteiger partial charge in [-0.3, -0.25) is 9.69 Å². The summed E-state index contributed by atoms with van der Waals surface area (Å²) in [6.07, 6.45) is -3.89. The maximum absolute atomic E-state index is 12.9. The first kappa shape index (κ1) is 23.8. The van der Waals surface area contributed by atoms with Gasteiger partial charge in [0, 0.05) is 36.3 Å². The number of alkyl halides is 3. The van der Waals surface area contributed by atoms with Gasteiger partial charge in [-0.05, 0) is 50.6 Å². The van der Waals surface area contributed by atoms with Crippen LogP contribution in [0.15, 0.2) is 47.3 Å². The molecule has 180 valence electrons. The molecule has 0 fully saturated rings. The summed E-state index contributed by atoms with van der Waals surface area (Å²) in [4.78, 5) is 22.2. The van der Waals surface area contributed by atoms with Gasteiger partial charge < -0.3 is 14.5 Å². The van der Waals surface area contributed by atoms with Crippen LogP contribution in [0, 0.1) is 0 Å². The van der Waals surface area contributed by atoms with E-state index in [-0.39, 0.29) is 11.4 Å². The number of nitrogens with one attached hydrogen (secondary N) is 1. The molecule has 9 heteroatoms. The van der Waals surface area contributed by atoms with E-state index in [0.29, 0.717) is 56.1 Å². The van der Waals surface area contributed by atoms with Gasteiger partial charge in [0.2, 0.25) is 0 Å². The maximum atomic E-state index is 12.9. The molecule has 0 aliphatic carbocycles. The Morgan fingerprint density at radius 3 is 2.47 bits per heavy atom. The fourth-order valence-electron chi connectivity index (χ4n) is 4.06. The van der Waals surface area contributed by atoms with E-state index in [2.05, 4.69) is 14.9 Å². The van der Waals surface area contributed by atoms with Crippen molar-refractivity contribution in [3.05, 3.63) is 75.2 Å². The van der Waals surface area contributed by atoms with E-state index in [1.54, 1.807) is 0 Å². The zero-order valence-corrected chi connectivity index (χ0v) is 19.0. The second-order valence-corrected chi connectivity index (χ2v) is 8.01. The lowest BCUT2D eigenvalue weighted by Crippen LogP contribution is -2.35. The predicted octanol–water partition coefficient (Wildman–Crippen LogP) is 4.81. The number of aromatic nitrogens is 2. The van der Waals surface area contributed by atoms with Gasteiger partial charge in [-0.25, -0.2) is 4.98 Å². The van der Waals surface area contributed by atoms with E-state index < -0.39 is 11.7 Å². The van der Waals surface area contributed by atoms with Crippen LogP contribution in [-0.4, -0.2) is 34.6 Å². The zero-order valence-electron chi connectivity index (χ0n) is 19.0. The van der Waals surface area contributed by atoms with Crippen molar-refractivity contribution >= 4 is 0 Å². The van der Waals surface area contributed by atoms with Gasteiger partial charge in [-0.1, -0.05) is 12.1 Å². The number of fused-ring (bicyclic) bond motifs is 1. The summed E-state index contributed by atoms with van der Waals surface area (Å²) >= 11 is 0. The molecule has 0 spiro atoms. The fraction of sp³-hybridized carbons (Fsp3) is 0.360. The lowest BCUT2D eigenvalue weighted by atomic mass is 10.0. The van der Waals surface area contributed by atoms with E-state index in [1.807, 2.05) is 32.0 Å². The minimum atomic E-state index is -4.42. The third kappa shape index (κ3) is 5.25. The molecule has 1 aliphatic rings. The third-order valence-corrected chi connectivity index (χ3v) is 5.67. The van der Waals surface area contributed by atoms with Gasteiger partial charge in [-0.15, -0.1) is 0 Å². The molecule has 0 saturated heterocycles. The van der Waals surface area contributed by atoms with Crippen molar-refractivity contribution in [2.24, 2.45) is 0 Å². The molecule has 1 aromatic heterocycles. The average Bonchev–Trinajstić information content (AvgIpc) is 2.80. The Labute approximate surface area is 195 Å². The second kappa shape index (κ2) is 9.89. The highest BCUT2D eigenvalue weighted by molar-refractivity contribution is 5.56. The average molecular weight is 473 g/mol. The topological polar surface area (TPSA) is 67.5 Å². The molecule has 3 aromatic rings. The van der Waals surface area contributed by atoms with Crippen LogP contribution in [0.1, 0.15) is 36.2 Å². The maximum Gasteiger partial charge on any atom is 0.416 e. The summed E-state index contributed by atoms with van der Waals surface area (Å²) in [5, 5.41) is 0. The van der Waals surface area contributed by atoms with Gasteiger partial charge in [0.15, 0.2) is 0 Å². The van der Waals surface area contributed by atoms with E-state index in [0.717, 1.165) is 29.2 Å². The van der Waals surface area contributed by atoms with E-state index in [1.165, 1.54) is 12.1 Å². The molecular formula is C25H26F3N3O3. The van der Waals surface area contributed by atoms with Crippen LogP contribution >= 0.6 is 0 Å². The van der Waals surface area contributed by atoms with Crippen molar-refractivity contribution in [1.29, 1.82) is 0 Å². The highest BCUT2D eigenvalue weighted by atomic mass is 19.4. The number of ether oxygens (including phenoxy) is 2. The Kier molecular flexibility index (Phi) is 6.92. The van der Waals surface area contributed by atoms with Crippen molar-refractivity contribution < 1.29 is 22.6 Å².